The molecular formula is C41H53N7O9. The smallest absolute Gasteiger partial charge is 0.407 e. The lowest BCUT2D eigenvalue weighted by Crippen LogP contribution is -2.58. The molecule has 0 unspecified atom stereocenters. The highest BCUT2D eigenvalue weighted by Gasteiger charge is 2.32. The van der Waals surface area contributed by atoms with Gasteiger partial charge in [0.05, 0.1) is 19.8 Å². The van der Waals surface area contributed by atoms with Crippen molar-refractivity contribution < 1.29 is 43.0 Å². The molecule has 0 aromatic heterocycles. The van der Waals surface area contributed by atoms with Crippen molar-refractivity contribution in [1.29, 1.82) is 0 Å². The number of anilines is 1. The Morgan fingerprint density at radius 3 is 2.00 bits per heavy atom. The summed E-state index contributed by atoms with van der Waals surface area (Å²) in [6.07, 6.45) is -0.172. The summed E-state index contributed by atoms with van der Waals surface area (Å²) in [5, 5.41) is 15.8. The van der Waals surface area contributed by atoms with Gasteiger partial charge in [0.15, 0.2) is 0 Å². The zero-order valence-corrected chi connectivity index (χ0v) is 32.7. The van der Waals surface area contributed by atoms with Crippen LogP contribution in [-0.4, -0.2) is 93.9 Å². The molecule has 8 N–H and O–H groups in total. The fourth-order valence-corrected chi connectivity index (χ4v) is 6.42. The number of nitrogens with two attached hydrogens (primary N) is 1. The van der Waals surface area contributed by atoms with Gasteiger partial charge in [-0.1, -0.05) is 74.5 Å². The van der Waals surface area contributed by atoms with Gasteiger partial charge in [0.1, 0.15) is 24.7 Å². The molecule has 4 rings (SSSR count). The standard InChI is InChI=1S/C41H53N7O9/c1-25(2)36(39(52)47-34(14-9-19-43-40(42)53)37(50)46-28-17-15-27(16-18-28)22-55-4)48-38(51)35(45-26(3)49)24-56-21-20-44-41(54)57-23-33-31-12-7-5-10-29(31)30-11-6-8-13-32(30)33/h5-8,10-13,15-18,25,33-36H,9,14,19-24H2,1-4H3,(H,44,54)(H,45,49)(H,46,50)(H,47,52)(H,48,51)(H3,42,43,53)/t34-,35-,36-/m0/s1. The van der Waals surface area contributed by atoms with Gasteiger partial charge in [-0.15, -0.1) is 0 Å². The predicted octanol–water partition coefficient (Wildman–Crippen LogP) is 2.91. The molecule has 0 bridgehead atoms. The third-order valence-electron chi connectivity index (χ3n) is 9.22. The molecule has 3 atom stereocenters. The van der Waals surface area contributed by atoms with Gasteiger partial charge >= 0.3 is 12.1 Å². The lowest BCUT2D eigenvalue weighted by molar-refractivity contribution is -0.134. The van der Waals surface area contributed by atoms with Crippen LogP contribution in [0.15, 0.2) is 72.8 Å². The van der Waals surface area contributed by atoms with Gasteiger partial charge in [0.2, 0.25) is 23.6 Å². The highest BCUT2D eigenvalue weighted by Crippen LogP contribution is 2.44. The molecule has 0 radical (unpaired) electrons. The molecular weight excluding hydrogens is 734 g/mol. The summed E-state index contributed by atoms with van der Waals surface area (Å²) in [5.74, 6) is -2.85. The molecule has 3 aromatic carbocycles. The number of ether oxygens (including phenoxy) is 3. The van der Waals surface area contributed by atoms with E-state index in [1.165, 1.54) is 6.92 Å². The highest BCUT2D eigenvalue weighted by molar-refractivity contribution is 5.99. The second-order valence-corrected chi connectivity index (χ2v) is 13.9. The quantitative estimate of drug-likeness (QED) is 0.0787. The number of urea groups is 1. The monoisotopic (exact) mass is 787 g/mol. The van der Waals surface area contributed by atoms with E-state index in [2.05, 4.69) is 44.0 Å². The van der Waals surface area contributed by atoms with Crippen molar-refractivity contribution in [2.24, 2.45) is 11.7 Å². The molecule has 16 heteroatoms. The van der Waals surface area contributed by atoms with Gasteiger partial charge in [-0.3, -0.25) is 19.2 Å². The summed E-state index contributed by atoms with van der Waals surface area (Å²) in [4.78, 5) is 76.2. The third kappa shape index (κ3) is 13.3. The number of primary amides is 1. The number of benzene rings is 3. The average Bonchev–Trinajstić information content (AvgIpc) is 3.50. The maximum atomic E-state index is 13.6. The van der Waals surface area contributed by atoms with E-state index < -0.39 is 59.8 Å². The van der Waals surface area contributed by atoms with Crippen LogP contribution in [0.25, 0.3) is 11.1 Å². The first-order valence-corrected chi connectivity index (χ1v) is 18.8. The number of nitrogens with one attached hydrogen (secondary N) is 6. The van der Waals surface area contributed by atoms with Crippen molar-refractivity contribution in [1.82, 2.24) is 26.6 Å². The van der Waals surface area contributed by atoms with Crippen LogP contribution in [-0.2, 0) is 40.0 Å². The minimum atomic E-state index is -1.17. The van der Waals surface area contributed by atoms with Crippen molar-refractivity contribution in [2.45, 2.75) is 64.3 Å². The molecule has 3 aromatic rings. The molecule has 1 aliphatic rings. The topological polar surface area (TPSA) is 228 Å². The van der Waals surface area contributed by atoms with Gasteiger partial charge in [-0.25, -0.2) is 9.59 Å². The van der Waals surface area contributed by atoms with Crippen LogP contribution < -0.4 is 37.6 Å². The van der Waals surface area contributed by atoms with Crippen LogP contribution in [0.5, 0.6) is 0 Å². The van der Waals surface area contributed by atoms with Gasteiger partial charge in [0.25, 0.3) is 0 Å². The van der Waals surface area contributed by atoms with Crippen LogP contribution in [0, 0.1) is 5.92 Å². The Morgan fingerprint density at radius 2 is 1.40 bits per heavy atom. The summed E-state index contributed by atoms with van der Waals surface area (Å²) in [7, 11) is 1.58. The van der Waals surface area contributed by atoms with E-state index in [0.717, 1.165) is 27.8 Å². The summed E-state index contributed by atoms with van der Waals surface area (Å²) >= 11 is 0. The minimum absolute atomic E-state index is 0.00182. The van der Waals surface area contributed by atoms with Crippen LogP contribution in [0.2, 0.25) is 0 Å². The summed E-state index contributed by atoms with van der Waals surface area (Å²) in [5.41, 5.74) is 11.0. The Labute approximate surface area is 332 Å². The summed E-state index contributed by atoms with van der Waals surface area (Å²) in [6, 6.07) is 19.0. The second kappa shape index (κ2) is 21.9. The number of hydrogen-bond acceptors (Lipinski definition) is 9. The number of carbonyl (C=O) groups is 6. The van der Waals surface area contributed by atoms with Crippen molar-refractivity contribution >= 4 is 41.4 Å². The summed E-state index contributed by atoms with van der Waals surface area (Å²) in [6.45, 7) is 5.21. The van der Waals surface area contributed by atoms with Crippen LogP contribution in [0.3, 0.4) is 0 Å². The van der Waals surface area contributed by atoms with E-state index in [9.17, 15) is 28.8 Å². The number of methoxy groups -OCH3 is 1. The number of amides is 7. The molecule has 306 valence electrons. The number of hydrogen-bond donors (Lipinski definition) is 7. The van der Waals surface area contributed by atoms with Crippen molar-refractivity contribution in [3.8, 4) is 11.1 Å². The van der Waals surface area contributed by atoms with Gasteiger partial charge < -0.3 is 51.8 Å². The van der Waals surface area contributed by atoms with Crippen LogP contribution in [0.1, 0.15) is 56.2 Å². The van der Waals surface area contributed by atoms with Gasteiger partial charge in [0, 0.05) is 38.7 Å². The van der Waals surface area contributed by atoms with E-state index in [0.29, 0.717) is 18.7 Å². The maximum absolute atomic E-state index is 13.6. The Balaban J connectivity index is 1.28. The first-order chi connectivity index (χ1) is 27.4. The molecule has 7 amide bonds. The van der Waals surface area contributed by atoms with Gasteiger partial charge in [-0.2, -0.15) is 0 Å². The molecule has 0 fully saturated rings. The Bertz CT molecular complexity index is 1810. The van der Waals surface area contributed by atoms with E-state index in [1.54, 1.807) is 45.2 Å². The summed E-state index contributed by atoms with van der Waals surface area (Å²) < 4.78 is 16.3. The zero-order chi connectivity index (χ0) is 41.3. The predicted molar refractivity (Wildman–Crippen MR) is 213 cm³/mol. The zero-order valence-electron chi connectivity index (χ0n) is 32.7. The highest BCUT2D eigenvalue weighted by atomic mass is 16.5. The lowest BCUT2D eigenvalue weighted by Gasteiger charge is -2.27. The third-order valence-corrected chi connectivity index (χ3v) is 9.22. The van der Waals surface area contributed by atoms with Gasteiger partial charge in [-0.05, 0) is 58.7 Å². The number of fused-ring (bicyclic) bond motifs is 3. The maximum Gasteiger partial charge on any atom is 0.407 e. The first kappa shape index (κ1) is 43.7. The fraction of sp³-hybridized carbons (Fsp3) is 0.415. The number of carbonyl (C=O) groups excluding carboxylic acids is 6. The molecule has 1 aliphatic carbocycles. The molecule has 0 spiro atoms. The van der Waals surface area contributed by atoms with Crippen molar-refractivity contribution in [2.75, 3.05) is 45.3 Å². The normalized spacial score (nSPS) is 13.3. The average molecular weight is 788 g/mol. The van der Waals surface area contributed by atoms with E-state index in [4.69, 9.17) is 19.9 Å². The van der Waals surface area contributed by atoms with Crippen molar-refractivity contribution in [3.63, 3.8) is 0 Å². The largest absolute Gasteiger partial charge is 0.449 e. The Morgan fingerprint density at radius 1 is 0.754 bits per heavy atom. The Kier molecular flexibility index (Phi) is 16.8. The fourth-order valence-electron chi connectivity index (χ4n) is 6.42. The lowest BCUT2D eigenvalue weighted by atomic mass is 9.98. The van der Waals surface area contributed by atoms with Crippen molar-refractivity contribution in [3.05, 3.63) is 89.5 Å². The molecule has 0 saturated heterocycles. The number of alkyl carbamates (subject to hydrolysis) is 1. The molecule has 0 saturated carbocycles. The van der Waals surface area contributed by atoms with E-state index in [-0.39, 0.29) is 45.2 Å². The van der Waals surface area contributed by atoms with Crippen LogP contribution >= 0.6 is 0 Å². The minimum Gasteiger partial charge on any atom is -0.449 e. The van der Waals surface area contributed by atoms with E-state index >= 15 is 0 Å². The van der Waals surface area contributed by atoms with Crippen LogP contribution in [0.4, 0.5) is 15.3 Å². The second-order valence-electron chi connectivity index (χ2n) is 13.9. The molecule has 57 heavy (non-hydrogen) atoms. The molecule has 0 heterocycles. The molecule has 16 nitrogen and oxygen atoms in total. The SMILES string of the molecule is COCc1ccc(NC(=O)[C@H](CCCNC(N)=O)NC(=O)[C@@H](NC(=O)[C@H](COCCNC(=O)OCC2c3ccccc3-c3ccccc32)NC(C)=O)C(C)C)cc1. The number of rotatable bonds is 21. The Hall–Kier alpha value is -6.00. The van der Waals surface area contributed by atoms with E-state index in [1.807, 2.05) is 36.4 Å². The first-order valence-electron chi connectivity index (χ1n) is 18.8. The molecule has 0 aliphatic heterocycles.